The second-order valence-corrected chi connectivity index (χ2v) is 7.10. The molecule has 0 radical (unpaired) electrons. The van der Waals surface area contributed by atoms with Gasteiger partial charge in [-0.05, 0) is 29.8 Å². The maximum Gasteiger partial charge on any atom is 0.230 e. The lowest BCUT2D eigenvalue weighted by Gasteiger charge is -2.08. The molecule has 10 heteroatoms. The van der Waals surface area contributed by atoms with Crippen LogP contribution < -0.4 is 25.4 Å². The normalized spacial score (nSPS) is 10.5. The van der Waals surface area contributed by atoms with E-state index in [-0.39, 0.29) is 18.3 Å². The molecule has 0 spiro atoms. The fraction of sp³-hybridized carbons (Fsp3) is 0.250. The van der Waals surface area contributed by atoms with E-state index < -0.39 is 0 Å². The first-order valence-electron chi connectivity index (χ1n) is 9.07. The van der Waals surface area contributed by atoms with E-state index in [9.17, 15) is 4.79 Å². The van der Waals surface area contributed by atoms with Gasteiger partial charge in [-0.25, -0.2) is 4.68 Å². The molecule has 1 amide bonds. The standard InChI is InChI=1S/C20H23N5O4S/c1-27-15-6-3-5-14(9-15)11-22-19(26)13-30-20-24-23-18(25(20)21)12-29-17-8-4-7-16(10-17)28-2/h3-10H,11-13,21H2,1-2H3,(H,22,26). The van der Waals surface area contributed by atoms with Crippen LogP contribution in [0.4, 0.5) is 0 Å². The van der Waals surface area contributed by atoms with Crippen LogP contribution in [0.5, 0.6) is 17.2 Å². The van der Waals surface area contributed by atoms with E-state index in [4.69, 9.17) is 20.1 Å². The summed E-state index contributed by atoms with van der Waals surface area (Å²) in [6.07, 6.45) is 0. The summed E-state index contributed by atoms with van der Waals surface area (Å²) in [5.74, 6) is 8.56. The number of nitrogens with one attached hydrogen (secondary N) is 1. The molecule has 9 nitrogen and oxygen atoms in total. The molecule has 1 aromatic heterocycles. The molecule has 0 saturated heterocycles. The molecular formula is C20H23N5O4S. The van der Waals surface area contributed by atoms with Crippen molar-refractivity contribution in [3.63, 3.8) is 0 Å². The lowest BCUT2D eigenvalue weighted by molar-refractivity contribution is -0.118. The molecule has 3 rings (SSSR count). The third-order valence-corrected chi connectivity index (χ3v) is 5.04. The van der Waals surface area contributed by atoms with Crippen LogP contribution in [-0.2, 0) is 17.9 Å². The monoisotopic (exact) mass is 429 g/mol. The summed E-state index contributed by atoms with van der Waals surface area (Å²) in [5.41, 5.74) is 0.951. The Labute approximate surface area is 178 Å². The van der Waals surface area contributed by atoms with Crippen molar-refractivity contribution in [1.29, 1.82) is 0 Å². The molecule has 158 valence electrons. The van der Waals surface area contributed by atoms with Crippen LogP contribution in [0.1, 0.15) is 11.4 Å². The Hall–Kier alpha value is -3.40. The lowest BCUT2D eigenvalue weighted by Crippen LogP contribution is -2.25. The number of nitrogens with two attached hydrogens (primary N) is 1. The maximum atomic E-state index is 12.1. The second-order valence-electron chi connectivity index (χ2n) is 6.15. The Balaban J connectivity index is 1.47. The van der Waals surface area contributed by atoms with Gasteiger partial charge in [0.05, 0.1) is 20.0 Å². The van der Waals surface area contributed by atoms with Gasteiger partial charge in [0, 0.05) is 12.6 Å². The topological polar surface area (TPSA) is 114 Å². The van der Waals surface area contributed by atoms with Gasteiger partial charge >= 0.3 is 0 Å². The zero-order valence-electron chi connectivity index (χ0n) is 16.7. The highest BCUT2D eigenvalue weighted by Gasteiger charge is 2.13. The van der Waals surface area contributed by atoms with Gasteiger partial charge < -0.3 is 25.4 Å². The number of ether oxygens (including phenoxy) is 3. The van der Waals surface area contributed by atoms with E-state index in [1.807, 2.05) is 42.5 Å². The van der Waals surface area contributed by atoms with Crippen molar-refractivity contribution in [1.82, 2.24) is 20.2 Å². The Morgan fingerprint density at radius 2 is 1.77 bits per heavy atom. The molecular weight excluding hydrogens is 406 g/mol. The van der Waals surface area contributed by atoms with E-state index in [2.05, 4.69) is 15.5 Å². The summed E-state index contributed by atoms with van der Waals surface area (Å²) < 4.78 is 17.3. The molecule has 30 heavy (non-hydrogen) atoms. The van der Waals surface area contributed by atoms with Crippen molar-refractivity contribution in [2.45, 2.75) is 18.3 Å². The van der Waals surface area contributed by atoms with Gasteiger partial charge in [-0.1, -0.05) is 30.0 Å². The number of rotatable bonds is 10. The van der Waals surface area contributed by atoms with Gasteiger partial charge in [-0.15, -0.1) is 10.2 Å². The van der Waals surface area contributed by atoms with Gasteiger partial charge in [-0.2, -0.15) is 0 Å². The molecule has 0 atom stereocenters. The third kappa shape index (κ3) is 5.80. The Bertz CT molecular complexity index is 995. The average molecular weight is 430 g/mol. The summed E-state index contributed by atoms with van der Waals surface area (Å²) in [4.78, 5) is 12.1. The van der Waals surface area contributed by atoms with Gasteiger partial charge in [0.15, 0.2) is 5.82 Å². The molecule has 0 saturated carbocycles. The van der Waals surface area contributed by atoms with Crippen LogP contribution in [0.3, 0.4) is 0 Å². The van der Waals surface area contributed by atoms with Crippen molar-refractivity contribution in [2.75, 3.05) is 25.8 Å². The van der Waals surface area contributed by atoms with E-state index in [1.54, 1.807) is 20.3 Å². The SMILES string of the molecule is COc1cccc(CNC(=O)CSc2nnc(COc3cccc(OC)c3)n2N)c1. The van der Waals surface area contributed by atoms with E-state index >= 15 is 0 Å². The molecule has 2 aromatic carbocycles. The van der Waals surface area contributed by atoms with Crippen LogP contribution in [0, 0.1) is 0 Å². The summed E-state index contributed by atoms with van der Waals surface area (Å²) in [6, 6.07) is 14.7. The van der Waals surface area contributed by atoms with Gasteiger partial charge in [-0.3, -0.25) is 4.79 Å². The minimum Gasteiger partial charge on any atom is -0.497 e. The van der Waals surface area contributed by atoms with Crippen LogP contribution in [0.25, 0.3) is 0 Å². The highest BCUT2D eigenvalue weighted by Crippen LogP contribution is 2.20. The number of methoxy groups -OCH3 is 2. The number of carbonyl (C=O) groups excluding carboxylic acids is 1. The van der Waals surface area contributed by atoms with Crippen molar-refractivity contribution < 1.29 is 19.0 Å². The van der Waals surface area contributed by atoms with E-state index in [0.29, 0.717) is 29.0 Å². The summed E-state index contributed by atoms with van der Waals surface area (Å²) in [5, 5.41) is 11.3. The average Bonchev–Trinajstić information content (AvgIpc) is 3.14. The number of aromatic nitrogens is 3. The first kappa shape index (κ1) is 21.3. The third-order valence-electron chi connectivity index (χ3n) is 4.10. The van der Waals surface area contributed by atoms with Crippen molar-refractivity contribution in [3.05, 3.63) is 59.9 Å². The number of nitrogen functional groups attached to an aromatic ring is 1. The largest absolute Gasteiger partial charge is 0.497 e. The number of nitrogens with zero attached hydrogens (tertiary/aromatic N) is 3. The van der Waals surface area contributed by atoms with Crippen molar-refractivity contribution in [2.24, 2.45) is 0 Å². The smallest absolute Gasteiger partial charge is 0.230 e. The number of carbonyl (C=O) groups is 1. The minimum absolute atomic E-state index is 0.138. The van der Waals surface area contributed by atoms with E-state index in [1.165, 1.54) is 16.4 Å². The molecule has 0 bridgehead atoms. The molecule has 0 aliphatic rings. The Kier molecular flexibility index (Phi) is 7.39. The first-order valence-corrected chi connectivity index (χ1v) is 10.1. The zero-order valence-corrected chi connectivity index (χ0v) is 17.5. The number of amides is 1. The van der Waals surface area contributed by atoms with Crippen LogP contribution in [0.2, 0.25) is 0 Å². The second kappa shape index (κ2) is 10.4. The lowest BCUT2D eigenvalue weighted by atomic mass is 10.2. The zero-order chi connectivity index (χ0) is 21.3. The molecule has 0 unspecified atom stereocenters. The molecule has 3 N–H and O–H groups in total. The Morgan fingerprint density at radius 1 is 1.07 bits per heavy atom. The van der Waals surface area contributed by atoms with Crippen molar-refractivity contribution in [3.8, 4) is 17.2 Å². The quantitative estimate of drug-likeness (QED) is 0.372. The fourth-order valence-corrected chi connectivity index (χ4v) is 3.21. The molecule has 0 fully saturated rings. The Morgan fingerprint density at radius 3 is 2.53 bits per heavy atom. The number of benzene rings is 2. The predicted octanol–water partition coefficient (Wildman–Crippen LogP) is 2.00. The van der Waals surface area contributed by atoms with Crippen LogP contribution >= 0.6 is 11.8 Å². The highest BCUT2D eigenvalue weighted by atomic mass is 32.2. The minimum atomic E-state index is -0.139. The number of thioether (sulfide) groups is 1. The van der Waals surface area contributed by atoms with Crippen LogP contribution in [0.15, 0.2) is 53.7 Å². The van der Waals surface area contributed by atoms with Gasteiger partial charge in [0.25, 0.3) is 0 Å². The summed E-state index contributed by atoms with van der Waals surface area (Å²) in [6.45, 7) is 0.546. The van der Waals surface area contributed by atoms with Gasteiger partial charge in [0.1, 0.15) is 23.9 Å². The first-order chi connectivity index (χ1) is 14.6. The highest BCUT2D eigenvalue weighted by molar-refractivity contribution is 7.99. The number of hydrogen-bond acceptors (Lipinski definition) is 8. The van der Waals surface area contributed by atoms with Crippen molar-refractivity contribution >= 4 is 17.7 Å². The van der Waals surface area contributed by atoms with E-state index in [0.717, 1.165) is 11.3 Å². The summed E-state index contributed by atoms with van der Waals surface area (Å²) >= 11 is 1.20. The fourth-order valence-electron chi connectivity index (χ4n) is 2.51. The van der Waals surface area contributed by atoms with Crippen LogP contribution in [-0.4, -0.2) is 40.8 Å². The molecule has 0 aliphatic heterocycles. The molecule has 0 aliphatic carbocycles. The van der Waals surface area contributed by atoms with Gasteiger partial charge in [0.2, 0.25) is 11.1 Å². The summed E-state index contributed by atoms with van der Waals surface area (Å²) in [7, 11) is 3.19. The molecule has 3 aromatic rings. The number of hydrogen-bond donors (Lipinski definition) is 2. The molecule has 1 heterocycles. The maximum absolute atomic E-state index is 12.1. The predicted molar refractivity (Wildman–Crippen MR) is 113 cm³/mol.